The number of methoxy groups -OCH3 is 1. The summed E-state index contributed by atoms with van der Waals surface area (Å²) in [5.41, 5.74) is 2.31. The number of nitrogens with zero attached hydrogens (tertiary/aromatic N) is 3. The van der Waals surface area contributed by atoms with Crippen molar-refractivity contribution in [2.45, 2.75) is 56.7 Å². The largest absolute Gasteiger partial charge is 0.496 e. The van der Waals surface area contributed by atoms with Gasteiger partial charge in [-0.15, -0.1) is 10.2 Å². The fraction of sp³-hybridized carbons (Fsp3) is 0.478. The van der Waals surface area contributed by atoms with E-state index >= 15 is 0 Å². The molecule has 5 rings (SSSR count). The quantitative estimate of drug-likeness (QED) is 0.735. The second-order valence-electron chi connectivity index (χ2n) is 8.46. The zero-order valence-electron chi connectivity index (χ0n) is 18.0. The maximum Gasteiger partial charge on any atom is 0.251 e. The number of aromatic nitrogens is 2. The van der Waals surface area contributed by atoms with Crippen LogP contribution in [0.3, 0.4) is 0 Å². The molecule has 32 heavy (non-hydrogen) atoms. The molecule has 2 aromatic rings. The number of carbonyl (C=O) groups is 2. The first-order chi connectivity index (χ1) is 15.7. The van der Waals surface area contributed by atoms with E-state index in [4.69, 9.17) is 9.15 Å². The number of rotatable bonds is 5. The summed E-state index contributed by atoms with van der Waals surface area (Å²) in [4.78, 5) is 28.8. The molecule has 9 heteroatoms. The molecule has 3 aliphatic rings. The minimum atomic E-state index is -0.528. The zero-order valence-corrected chi connectivity index (χ0v) is 18.0. The first kappa shape index (κ1) is 20.5. The molecule has 1 saturated carbocycles. The standard InChI is InChI=1S/C23H27N5O4/c1-31-18-9-5-2-6-14(18)22-21-16(12-24-23(21)30)26-15-7-3-4-8-17(15)28(22)20(29)11-10-19-27-25-13-32-19/h2,5-6,9,13,15,17,22,26H,3-4,7-8,10-12H2,1H3,(H,24,30)/t15-,17-,22-/m1/s1. The van der Waals surface area contributed by atoms with Gasteiger partial charge >= 0.3 is 0 Å². The van der Waals surface area contributed by atoms with Gasteiger partial charge in [-0.3, -0.25) is 9.59 Å². The van der Waals surface area contributed by atoms with Gasteiger partial charge in [0.2, 0.25) is 18.2 Å². The highest BCUT2D eigenvalue weighted by Gasteiger charge is 2.46. The number of nitrogens with one attached hydrogen (secondary N) is 2. The Kier molecular flexibility index (Phi) is 5.55. The number of ether oxygens (including phenoxy) is 1. The van der Waals surface area contributed by atoms with Gasteiger partial charge in [0.05, 0.1) is 31.3 Å². The Bertz CT molecular complexity index is 1030. The maximum atomic E-state index is 13.8. The summed E-state index contributed by atoms with van der Waals surface area (Å²) in [6.07, 6.45) is 5.84. The molecule has 0 unspecified atom stereocenters. The lowest BCUT2D eigenvalue weighted by molar-refractivity contribution is -0.137. The van der Waals surface area contributed by atoms with E-state index in [1.54, 1.807) is 7.11 Å². The van der Waals surface area contributed by atoms with E-state index in [1.807, 2.05) is 29.2 Å². The molecule has 2 N–H and O–H groups in total. The zero-order chi connectivity index (χ0) is 22.1. The molecular formula is C23H27N5O4. The average molecular weight is 438 g/mol. The van der Waals surface area contributed by atoms with Crippen LogP contribution in [-0.2, 0) is 16.0 Å². The molecule has 3 heterocycles. The van der Waals surface area contributed by atoms with Crippen LogP contribution in [0.1, 0.15) is 49.6 Å². The van der Waals surface area contributed by atoms with E-state index in [0.29, 0.717) is 30.2 Å². The maximum absolute atomic E-state index is 13.8. The minimum absolute atomic E-state index is 0.0211. The predicted molar refractivity (Wildman–Crippen MR) is 114 cm³/mol. The Hall–Kier alpha value is -3.36. The number of benzene rings is 1. The van der Waals surface area contributed by atoms with Crippen LogP contribution in [-0.4, -0.2) is 52.6 Å². The number of para-hydroxylation sites is 1. The van der Waals surface area contributed by atoms with E-state index in [1.165, 1.54) is 6.39 Å². The van der Waals surface area contributed by atoms with Crippen molar-refractivity contribution in [2.24, 2.45) is 0 Å². The van der Waals surface area contributed by atoms with Gasteiger partial charge in [-0.2, -0.15) is 0 Å². The van der Waals surface area contributed by atoms with E-state index in [2.05, 4.69) is 20.8 Å². The molecule has 1 aliphatic carbocycles. The fourth-order valence-corrected chi connectivity index (χ4v) is 5.26. The summed E-state index contributed by atoms with van der Waals surface area (Å²) in [5, 5.41) is 14.2. The van der Waals surface area contributed by atoms with Gasteiger partial charge in [0.1, 0.15) is 5.75 Å². The van der Waals surface area contributed by atoms with Crippen LogP contribution in [0.25, 0.3) is 0 Å². The van der Waals surface area contributed by atoms with Gasteiger partial charge in [-0.1, -0.05) is 31.0 Å². The summed E-state index contributed by atoms with van der Waals surface area (Å²) >= 11 is 0. The minimum Gasteiger partial charge on any atom is -0.496 e. The van der Waals surface area contributed by atoms with Crippen molar-refractivity contribution >= 4 is 11.8 Å². The Morgan fingerprint density at radius 3 is 2.94 bits per heavy atom. The smallest absolute Gasteiger partial charge is 0.251 e. The van der Waals surface area contributed by atoms with E-state index in [0.717, 1.165) is 36.9 Å². The molecular weight excluding hydrogens is 410 g/mol. The molecule has 3 atom stereocenters. The Labute approximate surface area is 186 Å². The van der Waals surface area contributed by atoms with Crippen molar-refractivity contribution in [1.29, 1.82) is 0 Å². The first-order valence-electron chi connectivity index (χ1n) is 11.1. The van der Waals surface area contributed by atoms with Crippen LogP contribution in [0.4, 0.5) is 0 Å². The monoisotopic (exact) mass is 437 g/mol. The number of fused-ring (bicyclic) bond motifs is 1. The number of carbonyl (C=O) groups excluding carboxylic acids is 2. The molecule has 0 bridgehead atoms. The van der Waals surface area contributed by atoms with Crippen molar-refractivity contribution < 1.29 is 18.7 Å². The van der Waals surface area contributed by atoms with Crippen molar-refractivity contribution in [2.75, 3.05) is 13.7 Å². The van der Waals surface area contributed by atoms with Gasteiger partial charge in [0.25, 0.3) is 5.91 Å². The lowest BCUT2D eigenvalue weighted by atomic mass is 9.87. The highest BCUT2D eigenvalue weighted by molar-refractivity contribution is 5.99. The summed E-state index contributed by atoms with van der Waals surface area (Å²) in [5.74, 6) is 0.912. The third kappa shape index (κ3) is 3.61. The number of hydrogen-bond acceptors (Lipinski definition) is 7. The topological polar surface area (TPSA) is 110 Å². The molecule has 2 aliphatic heterocycles. The van der Waals surface area contributed by atoms with Gasteiger partial charge in [-0.05, 0) is 18.9 Å². The summed E-state index contributed by atoms with van der Waals surface area (Å²) < 4.78 is 10.9. The molecule has 1 fully saturated rings. The SMILES string of the molecule is COc1ccccc1[C@@H]1C2=C(CNC2=O)N[C@@H]2CCCC[C@H]2N1C(=O)CCc1nnco1. The predicted octanol–water partition coefficient (Wildman–Crippen LogP) is 1.88. The average Bonchev–Trinajstić information content (AvgIpc) is 3.43. The van der Waals surface area contributed by atoms with Gasteiger partial charge < -0.3 is 24.7 Å². The van der Waals surface area contributed by atoms with Gasteiger partial charge in [-0.25, -0.2) is 0 Å². The second-order valence-corrected chi connectivity index (χ2v) is 8.46. The van der Waals surface area contributed by atoms with Crippen LogP contribution in [0.15, 0.2) is 46.3 Å². The molecule has 1 aromatic heterocycles. The van der Waals surface area contributed by atoms with E-state index < -0.39 is 6.04 Å². The third-order valence-electron chi connectivity index (χ3n) is 6.67. The Morgan fingerprint density at radius 1 is 1.28 bits per heavy atom. The summed E-state index contributed by atoms with van der Waals surface area (Å²) in [6.45, 7) is 0.451. The Balaban J connectivity index is 1.60. The summed E-state index contributed by atoms with van der Waals surface area (Å²) in [6, 6.07) is 7.19. The highest BCUT2D eigenvalue weighted by atomic mass is 16.5. The van der Waals surface area contributed by atoms with E-state index in [9.17, 15) is 9.59 Å². The van der Waals surface area contributed by atoms with E-state index in [-0.39, 0.29) is 30.3 Å². The molecule has 0 spiro atoms. The van der Waals surface area contributed by atoms with Crippen LogP contribution < -0.4 is 15.4 Å². The third-order valence-corrected chi connectivity index (χ3v) is 6.67. The fourth-order valence-electron chi connectivity index (χ4n) is 5.26. The van der Waals surface area contributed by atoms with Crippen molar-refractivity contribution in [3.63, 3.8) is 0 Å². The van der Waals surface area contributed by atoms with Crippen LogP contribution in [0.2, 0.25) is 0 Å². The lowest BCUT2D eigenvalue weighted by Gasteiger charge is -2.43. The Morgan fingerprint density at radius 2 is 2.12 bits per heavy atom. The van der Waals surface area contributed by atoms with Crippen LogP contribution >= 0.6 is 0 Å². The lowest BCUT2D eigenvalue weighted by Crippen LogP contribution is -2.53. The van der Waals surface area contributed by atoms with Crippen molar-refractivity contribution in [3.8, 4) is 5.75 Å². The van der Waals surface area contributed by atoms with Gasteiger partial charge in [0.15, 0.2) is 0 Å². The molecule has 9 nitrogen and oxygen atoms in total. The summed E-state index contributed by atoms with van der Waals surface area (Å²) in [7, 11) is 1.61. The van der Waals surface area contributed by atoms with Crippen molar-refractivity contribution in [3.05, 3.63) is 53.4 Å². The normalized spacial score (nSPS) is 24.8. The number of aryl methyl sites for hydroxylation is 1. The van der Waals surface area contributed by atoms with Crippen LogP contribution in [0.5, 0.6) is 5.75 Å². The second kappa shape index (κ2) is 8.64. The van der Waals surface area contributed by atoms with Crippen LogP contribution in [0, 0.1) is 0 Å². The molecule has 2 amide bonds. The number of amides is 2. The van der Waals surface area contributed by atoms with Crippen molar-refractivity contribution in [1.82, 2.24) is 25.7 Å². The number of hydrogen-bond donors (Lipinski definition) is 2. The molecule has 168 valence electrons. The first-order valence-corrected chi connectivity index (χ1v) is 11.1. The van der Waals surface area contributed by atoms with Gasteiger partial charge in [0, 0.05) is 30.1 Å². The highest BCUT2D eigenvalue weighted by Crippen LogP contribution is 2.43. The molecule has 0 saturated heterocycles. The molecule has 1 aromatic carbocycles. The molecule has 0 radical (unpaired) electrons.